The molecular weight excluding hydrogens is 376 g/mol. The van der Waals surface area contributed by atoms with E-state index in [9.17, 15) is 9.90 Å². The van der Waals surface area contributed by atoms with E-state index in [4.69, 9.17) is 11.6 Å². The molecule has 3 N–H and O–H groups in total. The number of hydrogen-bond donors (Lipinski definition) is 3. The number of benzene rings is 2. The van der Waals surface area contributed by atoms with Crippen LogP contribution in [0.4, 0.5) is 5.95 Å². The highest BCUT2D eigenvalue weighted by Gasteiger charge is 2.20. The first-order chi connectivity index (χ1) is 13.6. The molecule has 146 valence electrons. The summed E-state index contributed by atoms with van der Waals surface area (Å²) in [5.74, 6) is 1.33. The summed E-state index contributed by atoms with van der Waals surface area (Å²) in [4.78, 5) is 21.8. The summed E-state index contributed by atoms with van der Waals surface area (Å²) in [5, 5.41) is 14.5. The minimum absolute atomic E-state index is 0.121. The number of hydrogen-bond acceptors (Lipinski definition) is 5. The van der Waals surface area contributed by atoms with Crippen molar-refractivity contribution in [3.8, 4) is 5.75 Å². The van der Waals surface area contributed by atoms with E-state index in [0.717, 1.165) is 38.0 Å². The van der Waals surface area contributed by atoms with E-state index in [2.05, 4.69) is 20.2 Å². The van der Waals surface area contributed by atoms with Crippen LogP contribution in [0.5, 0.6) is 5.75 Å². The van der Waals surface area contributed by atoms with E-state index in [1.807, 2.05) is 24.3 Å². The number of rotatable bonds is 5. The van der Waals surface area contributed by atoms with Crippen molar-refractivity contribution in [1.29, 1.82) is 0 Å². The van der Waals surface area contributed by atoms with Crippen molar-refractivity contribution in [2.45, 2.75) is 19.4 Å². The van der Waals surface area contributed by atoms with Gasteiger partial charge in [0.2, 0.25) is 5.95 Å². The molecule has 0 amide bonds. The molecule has 4 rings (SSSR count). The van der Waals surface area contributed by atoms with Crippen molar-refractivity contribution in [2.24, 2.45) is 5.92 Å². The molecular formula is C21H23ClN4O2. The Bertz CT molecular complexity index is 1030. The summed E-state index contributed by atoms with van der Waals surface area (Å²) in [6.45, 7) is 3.39. The van der Waals surface area contributed by atoms with E-state index in [1.165, 1.54) is 0 Å². The smallest absolute Gasteiger partial charge is 0.260 e. The van der Waals surface area contributed by atoms with Gasteiger partial charge in [-0.2, -0.15) is 0 Å². The lowest BCUT2D eigenvalue weighted by atomic mass is 9.96. The molecule has 2 aromatic carbocycles. The molecule has 6 nitrogen and oxygen atoms in total. The minimum atomic E-state index is -0.121. The number of anilines is 1. The molecule has 0 saturated carbocycles. The first kappa shape index (κ1) is 18.8. The Morgan fingerprint density at radius 3 is 2.82 bits per heavy atom. The molecule has 1 aliphatic heterocycles. The zero-order chi connectivity index (χ0) is 19.5. The van der Waals surface area contributed by atoms with Crippen LogP contribution >= 0.6 is 11.6 Å². The molecule has 0 spiro atoms. The summed E-state index contributed by atoms with van der Waals surface area (Å²) in [7, 11) is 0. The molecule has 1 aliphatic rings. The summed E-state index contributed by atoms with van der Waals surface area (Å²) < 4.78 is 0. The number of aromatic nitrogens is 2. The van der Waals surface area contributed by atoms with E-state index < -0.39 is 0 Å². The van der Waals surface area contributed by atoms with Gasteiger partial charge in [0.15, 0.2) is 0 Å². The van der Waals surface area contributed by atoms with Crippen LogP contribution in [0.2, 0.25) is 5.02 Å². The number of phenolic OH excluding ortho intramolecular Hbond substituents is 1. The number of H-pyrrole nitrogens is 1. The molecule has 2 heterocycles. The molecule has 3 aromatic rings. The van der Waals surface area contributed by atoms with Gasteiger partial charge in [-0.1, -0.05) is 23.7 Å². The zero-order valence-electron chi connectivity index (χ0n) is 15.5. The van der Waals surface area contributed by atoms with Gasteiger partial charge in [-0.05, 0) is 62.2 Å². The molecule has 1 fully saturated rings. The first-order valence-electron chi connectivity index (χ1n) is 9.51. The Kier molecular flexibility index (Phi) is 5.50. The molecule has 0 bridgehead atoms. The average molecular weight is 399 g/mol. The Labute approximate surface area is 168 Å². The number of aromatic hydroxyl groups is 1. The Balaban J connectivity index is 1.31. The van der Waals surface area contributed by atoms with Gasteiger partial charge in [-0.3, -0.25) is 14.7 Å². The van der Waals surface area contributed by atoms with E-state index >= 15 is 0 Å². The summed E-state index contributed by atoms with van der Waals surface area (Å²) in [6, 6.07) is 12.5. The van der Waals surface area contributed by atoms with Gasteiger partial charge >= 0.3 is 0 Å². The van der Waals surface area contributed by atoms with Gasteiger partial charge < -0.3 is 10.4 Å². The maximum Gasteiger partial charge on any atom is 0.260 e. The van der Waals surface area contributed by atoms with Crippen molar-refractivity contribution in [3.05, 3.63) is 63.4 Å². The van der Waals surface area contributed by atoms with E-state index in [0.29, 0.717) is 40.1 Å². The lowest BCUT2D eigenvalue weighted by molar-refractivity contribution is 0.181. The predicted octanol–water partition coefficient (Wildman–Crippen LogP) is 3.61. The summed E-state index contributed by atoms with van der Waals surface area (Å²) in [6.07, 6.45) is 2.10. The van der Waals surface area contributed by atoms with Crippen LogP contribution in [0, 0.1) is 5.92 Å². The molecule has 0 radical (unpaired) electrons. The van der Waals surface area contributed by atoms with E-state index in [1.54, 1.807) is 18.2 Å². The maximum atomic E-state index is 12.1. The summed E-state index contributed by atoms with van der Waals surface area (Å²) in [5.41, 5.74) is 1.44. The number of aromatic amines is 1. The molecule has 0 unspecified atom stereocenters. The molecule has 1 saturated heterocycles. The van der Waals surface area contributed by atoms with Gasteiger partial charge in [0.05, 0.1) is 10.9 Å². The Morgan fingerprint density at radius 2 is 2.00 bits per heavy atom. The second-order valence-corrected chi connectivity index (χ2v) is 7.74. The fourth-order valence-electron chi connectivity index (χ4n) is 3.68. The Morgan fingerprint density at radius 1 is 1.21 bits per heavy atom. The Hall–Kier alpha value is -2.57. The van der Waals surface area contributed by atoms with Gasteiger partial charge in [0.25, 0.3) is 5.56 Å². The van der Waals surface area contributed by atoms with Crippen LogP contribution in [0.25, 0.3) is 10.9 Å². The van der Waals surface area contributed by atoms with Crippen LogP contribution in [0.3, 0.4) is 0 Å². The third kappa shape index (κ3) is 4.29. The quantitative estimate of drug-likeness (QED) is 0.611. The first-order valence-corrected chi connectivity index (χ1v) is 9.89. The third-order valence-electron chi connectivity index (χ3n) is 5.31. The second-order valence-electron chi connectivity index (χ2n) is 7.31. The number of nitrogens with one attached hydrogen (secondary N) is 2. The highest BCUT2D eigenvalue weighted by Crippen LogP contribution is 2.25. The average Bonchev–Trinajstić information content (AvgIpc) is 2.70. The monoisotopic (exact) mass is 398 g/mol. The van der Waals surface area contributed by atoms with Gasteiger partial charge in [0.1, 0.15) is 5.75 Å². The van der Waals surface area contributed by atoms with E-state index in [-0.39, 0.29) is 5.56 Å². The molecule has 0 atom stereocenters. The molecule has 1 aromatic heterocycles. The van der Waals surface area contributed by atoms with Gasteiger partial charge in [-0.25, -0.2) is 4.98 Å². The van der Waals surface area contributed by atoms with Crippen LogP contribution in [-0.2, 0) is 6.54 Å². The highest BCUT2D eigenvalue weighted by atomic mass is 35.5. The molecule has 28 heavy (non-hydrogen) atoms. The number of nitrogens with zero attached hydrogens (tertiary/aromatic N) is 2. The zero-order valence-corrected chi connectivity index (χ0v) is 16.2. The number of likely N-dealkylation sites (tertiary alicyclic amines) is 1. The lowest BCUT2D eigenvalue weighted by Gasteiger charge is -2.32. The van der Waals surface area contributed by atoms with Gasteiger partial charge in [0, 0.05) is 23.7 Å². The van der Waals surface area contributed by atoms with Gasteiger partial charge in [-0.15, -0.1) is 0 Å². The number of halogens is 1. The molecule has 7 heteroatoms. The SMILES string of the molecule is O=c1[nH]c(NCC2CCN(Cc3cc(Cl)ccc3O)CC2)nc2ccccc12. The number of fused-ring (bicyclic) bond motifs is 1. The van der Waals surface area contributed by atoms with Crippen molar-refractivity contribution < 1.29 is 5.11 Å². The minimum Gasteiger partial charge on any atom is -0.508 e. The molecule has 0 aliphatic carbocycles. The number of phenols is 1. The van der Waals surface area contributed by atoms with Crippen molar-refractivity contribution in [3.63, 3.8) is 0 Å². The summed E-state index contributed by atoms with van der Waals surface area (Å²) >= 11 is 6.04. The normalized spacial score (nSPS) is 15.8. The van der Waals surface area contributed by atoms with Crippen LogP contribution in [0.15, 0.2) is 47.3 Å². The topological polar surface area (TPSA) is 81.2 Å². The van der Waals surface area contributed by atoms with Crippen molar-refractivity contribution >= 4 is 28.5 Å². The maximum absolute atomic E-state index is 12.1. The lowest BCUT2D eigenvalue weighted by Crippen LogP contribution is -2.35. The van der Waals surface area contributed by atoms with Crippen LogP contribution < -0.4 is 10.9 Å². The van der Waals surface area contributed by atoms with Crippen LogP contribution in [0.1, 0.15) is 18.4 Å². The number of para-hydroxylation sites is 1. The van der Waals surface area contributed by atoms with Crippen molar-refractivity contribution in [2.75, 3.05) is 25.0 Å². The standard InChI is InChI=1S/C21H23ClN4O2/c22-16-5-6-19(27)15(11-16)13-26-9-7-14(8-10-26)12-23-21-24-18-4-2-1-3-17(18)20(28)25-21/h1-6,11,14,27H,7-10,12-13H2,(H2,23,24,25,28). The van der Waals surface area contributed by atoms with Crippen LogP contribution in [-0.4, -0.2) is 39.6 Å². The second kappa shape index (κ2) is 8.20. The highest BCUT2D eigenvalue weighted by molar-refractivity contribution is 6.30. The predicted molar refractivity (Wildman–Crippen MR) is 112 cm³/mol. The largest absolute Gasteiger partial charge is 0.508 e. The fourth-order valence-corrected chi connectivity index (χ4v) is 3.88. The van der Waals surface area contributed by atoms with Crippen molar-refractivity contribution in [1.82, 2.24) is 14.9 Å². The number of piperidine rings is 1. The third-order valence-corrected chi connectivity index (χ3v) is 5.55. The fraction of sp³-hybridized carbons (Fsp3) is 0.333.